The maximum atomic E-state index is 12.4. The van der Waals surface area contributed by atoms with E-state index in [-0.39, 0.29) is 11.8 Å². The first-order chi connectivity index (χ1) is 11.0. The fourth-order valence-electron chi connectivity index (χ4n) is 2.31. The van der Waals surface area contributed by atoms with Crippen molar-refractivity contribution in [1.29, 1.82) is 0 Å². The Labute approximate surface area is 134 Å². The topological polar surface area (TPSA) is 73.3 Å². The van der Waals surface area contributed by atoms with Gasteiger partial charge in [0, 0.05) is 23.9 Å². The van der Waals surface area contributed by atoms with Crippen LogP contribution in [0.4, 0.5) is 5.69 Å². The summed E-state index contributed by atoms with van der Waals surface area (Å²) in [6, 6.07) is 5.32. The van der Waals surface area contributed by atoms with Crippen molar-refractivity contribution in [3.8, 4) is 11.5 Å². The minimum atomic E-state index is -0.241. The molecule has 1 N–H and O–H groups in total. The van der Waals surface area contributed by atoms with Crippen molar-refractivity contribution in [2.75, 3.05) is 18.5 Å². The number of amides is 1. The van der Waals surface area contributed by atoms with Gasteiger partial charge in [0.05, 0.1) is 11.3 Å². The van der Waals surface area contributed by atoms with Gasteiger partial charge in [0.25, 0.3) is 5.91 Å². The van der Waals surface area contributed by atoms with Crippen LogP contribution in [0, 0.1) is 6.92 Å². The Kier molecular flexibility index (Phi) is 4.14. The minimum Gasteiger partial charge on any atom is -0.486 e. The number of hydrogen-bond acceptors (Lipinski definition) is 5. The van der Waals surface area contributed by atoms with Gasteiger partial charge in [0.1, 0.15) is 19.0 Å². The summed E-state index contributed by atoms with van der Waals surface area (Å²) in [5.74, 6) is 2.05. The van der Waals surface area contributed by atoms with Gasteiger partial charge in [0.15, 0.2) is 11.5 Å². The molecule has 23 heavy (non-hydrogen) atoms. The highest BCUT2D eigenvalue weighted by Crippen LogP contribution is 2.32. The Hall–Kier alpha value is -2.63. The molecule has 6 nitrogen and oxygen atoms in total. The smallest absolute Gasteiger partial charge is 0.259 e. The molecule has 2 heterocycles. The van der Waals surface area contributed by atoms with Crippen LogP contribution < -0.4 is 14.8 Å². The monoisotopic (exact) mass is 313 g/mol. The Morgan fingerprint density at radius 1 is 1.22 bits per heavy atom. The van der Waals surface area contributed by atoms with Crippen LogP contribution in [-0.4, -0.2) is 29.1 Å². The third-order valence-electron chi connectivity index (χ3n) is 3.56. The highest BCUT2D eigenvalue weighted by Gasteiger charge is 2.16. The molecule has 1 aliphatic heterocycles. The summed E-state index contributed by atoms with van der Waals surface area (Å²) >= 11 is 0. The number of ether oxygens (including phenoxy) is 2. The van der Waals surface area contributed by atoms with Gasteiger partial charge < -0.3 is 14.8 Å². The molecule has 3 rings (SSSR count). The number of fused-ring (bicyclic) bond motifs is 1. The first-order valence-electron chi connectivity index (χ1n) is 7.59. The number of nitrogens with one attached hydrogen (secondary N) is 1. The number of carbonyl (C=O) groups excluding carboxylic acids is 1. The average Bonchev–Trinajstić information content (AvgIpc) is 2.54. The molecule has 0 unspecified atom stereocenters. The van der Waals surface area contributed by atoms with Crippen molar-refractivity contribution in [3.63, 3.8) is 0 Å². The summed E-state index contributed by atoms with van der Waals surface area (Å²) in [7, 11) is 0. The molecule has 0 saturated heterocycles. The van der Waals surface area contributed by atoms with Crippen LogP contribution in [0.15, 0.2) is 24.4 Å². The molecular weight excluding hydrogens is 294 g/mol. The molecule has 1 aromatic heterocycles. The molecule has 0 spiro atoms. The van der Waals surface area contributed by atoms with Crippen LogP contribution >= 0.6 is 0 Å². The quantitative estimate of drug-likeness (QED) is 0.943. The van der Waals surface area contributed by atoms with Gasteiger partial charge in [-0.2, -0.15) is 0 Å². The van der Waals surface area contributed by atoms with E-state index in [0.717, 1.165) is 5.82 Å². The zero-order valence-electron chi connectivity index (χ0n) is 13.4. The molecule has 1 aliphatic rings. The summed E-state index contributed by atoms with van der Waals surface area (Å²) in [6.07, 6.45) is 1.57. The number of benzene rings is 1. The van der Waals surface area contributed by atoms with Gasteiger partial charge in [-0.3, -0.25) is 4.79 Å². The van der Waals surface area contributed by atoms with Crippen LogP contribution in [0.3, 0.4) is 0 Å². The van der Waals surface area contributed by atoms with E-state index in [4.69, 9.17) is 9.47 Å². The summed E-state index contributed by atoms with van der Waals surface area (Å²) in [5.41, 5.74) is 1.77. The Bertz CT molecular complexity index is 744. The maximum absolute atomic E-state index is 12.4. The SMILES string of the molecule is Cc1nc(C(C)C)ncc1C(=O)Nc1ccc2c(c1)OCCO2. The molecule has 0 aliphatic carbocycles. The third kappa shape index (κ3) is 3.26. The van der Waals surface area contributed by atoms with Gasteiger partial charge in [0.2, 0.25) is 0 Å². The van der Waals surface area contributed by atoms with Crippen LogP contribution in [0.25, 0.3) is 0 Å². The van der Waals surface area contributed by atoms with E-state index in [2.05, 4.69) is 15.3 Å². The van der Waals surface area contributed by atoms with Gasteiger partial charge in [-0.15, -0.1) is 0 Å². The van der Waals surface area contributed by atoms with Gasteiger partial charge in [-0.25, -0.2) is 9.97 Å². The summed E-state index contributed by atoms with van der Waals surface area (Å²) in [5, 5.41) is 2.84. The normalized spacial score (nSPS) is 13.0. The second kappa shape index (κ2) is 6.24. The molecule has 6 heteroatoms. The number of aromatic nitrogens is 2. The molecule has 2 aromatic rings. The fourth-order valence-corrected chi connectivity index (χ4v) is 2.31. The molecule has 120 valence electrons. The zero-order valence-corrected chi connectivity index (χ0v) is 13.4. The number of hydrogen-bond donors (Lipinski definition) is 1. The van der Waals surface area contributed by atoms with E-state index in [0.29, 0.717) is 41.7 Å². The van der Waals surface area contributed by atoms with Crippen molar-refractivity contribution in [2.45, 2.75) is 26.7 Å². The lowest BCUT2D eigenvalue weighted by atomic mass is 10.1. The average molecular weight is 313 g/mol. The van der Waals surface area contributed by atoms with Crippen LogP contribution in [-0.2, 0) is 0 Å². The van der Waals surface area contributed by atoms with Crippen LogP contribution in [0.2, 0.25) is 0 Å². The predicted octanol–water partition coefficient (Wildman–Crippen LogP) is 2.93. The van der Waals surface area contributed by atoms with Gasteiger partial charge in [-0.1, -0.05) is 13.8 Å². The summed E-state index contributed by atoms with van der Waals surface area (Å²) < 4.78 is 11.0. The highest BCUT2D eigenvalue weighted by atomic mass is 16.6. The zero-order chi connectivity index (χ0) is 16.4. The summed E-state index contributed by atoms with van der Waals surface area (Å²) in [4.78, 5) is 21.1. The maximum Gasteiger partial charge on any atom is 0.259 e. The van der Waals surface area contributed by atoms with E-state index in [1.165, 1.54) is 0 Å². The number of nitrogens with zero attached hydrogens (tertiary/aromatic N) is 2. The van der Waals surface area contributed by atoms with E-state index < -0.39 is 0 Å². The summed E-state index contributed by atoms with van der Waals surface area (Å²) in [6.45, 7) is 6.89. The van der Waals surface area contributed by atoms with E-state index in [1.807, 2.05) is 20.8 Å². The Balaban J connectivity index is 1.79. The molecule has 0 bridgehead atoms. The third-order valence-corrected chi connectivity index (χ3v) is 3.56. The number of aryl methyl sites for hydroxylation is 1. The second-order valence-electron chi connectivity index (χ2n) is 5.69. The van der Waals surface area contributed by atoms with Crippen LogP contribution in [0.1, 0.15) is 41.6 Å². The van der Waals surface area contributed by atoms with Crippen molar-refractivity contribution in [2.24, 2.45) is 0 Å². The van der Waals surface area contributed by atoms with Crippen molar-refractivity contribution >= 4 is 11.6 Å². The Morgan fingerprint density at radius 2 is 1.96 bits per heavy atom. The fraction of sp³-hybridized carbons (Fsp3) is 0.353. The van der Waals surface area contributed by atoms with Gasteiger partial charge >= 0.3 is 0 Å². The molecule has 0 fully saturated rings. The molecule has 1 aromatic carbocycles. The molecule has 1 amide bonds. The molecular formula is C17H19N3O3. The largest absolute Gasteiger partial charge is 0.486 e. The molecule has 0 saturated carbocycles. The lowest BCUT2D eigenvalue weighted by Crippen LogP contribution is -2.17. The predicted molar refractivity (Wildman–Crippen MR) is 86.2 cm³/mol. The highest BCUT2D eigenvalue weighted by molar-refractivity contribution is 6.04. The van der Waals surface area contributed by atoms with Gasteiger partial charge in [-0.05, 0) is 19.1 Å². The second-order valence-corrected chi connectivity index (χ2v) is 5.69. The first kappa shape index (κ1) is 15.3. The first-order valence-corrected chi connectivity index (χ1v) is 7.59. The number of anilines is 1. The standard InChI is InChI=1S/C17H19N3O3/c1-10(2)16-18-9-13(11(3)19-16)17(21)20-12-4-5-14-15(8-12)23-7-6-22-14/h4-5,8-10H,6-7H2,1-3H3,(H,20,21). The minimum absolute atomic E-state index is 0.226. The lowest BCUT2D eigenvalue weighted by molar-refractivity contribution is 0.102. The van der Waals surface area contributed by atoms with Crippen molar-refractivity contribution < 1.29 is 14.3 Å². The van der Waals surface area contributed by atoms with Crippen molar-refractivity contribution in [1.82, 2.24) is 9.97 Å². The molecule has 0 atom stereocenters. The Morgan fingerprint density at radius 3 is 2.65 bits per heavy atom. The van der Waals surface area contributed by atoms with E-state index in [1.54, 1.807) is 24.4 Å². The number of rotatable bonds is 3. The van der Waals surface area contributed by atoms with Crippen molar-refractivity contribution in [3.05, 3.63) is 41.5 Å². The number of carbonyl (C=O) groups is 1. The van der Waals surface area contributed by atoms with E-state index >= 15 is 0 Å². The van der Waals surface area contributed by atoms with Crippen LogP contribution in [0.5, 0.6) is 11.5 Å². The lowest BCUT2D eigenvalue weighted by Gasteiger charge is -2.19. The van der Waals surface area contributed by atoms with E-state index in [9.17, 15) is 4.79 Å². The molecule has 0 radical (unpaired) electrons.